The van der Waals surface area contributed by atoms with E-state index in [-0.39, 0.29) is 17.8 Å². The molecule has 1 aliphatic rings. The van der Waals surface area contributed by atoms with E-state index in [0.29, 0.717) is 29.7 Å². The fourth-order valence-corrected chi connectivity index (χ4v) is 3.03. The highest BCUT2D eigenvalue weighted by atomic mass is 19.1. The normalized spacial score (nSPS) is 17.8. The molecule has 2 aromatic rings. The number of nitrogens with zero attached hydrogens (tertiary/aromatic N) is 2. The lowest BCUT2D eigenvalue weighted by Crippen LogP contribution is -2.41. The number of nitrogens with one attached hydrogen (secondary N) is 1. The number of hydrogen-bond donors (Lipinski definition) is 1. The van der Waals surface area contributed by atoms with Gasteiger partial charge >= 0.3 is 0 Å². The van der Waals surface area contributed by atoms with Gasteiger partial charge in [-0.2, -0.15) is 0 Å². The molecule has 1 saturated heterocycles. The highest BCUT2D eigenvalue weighted by molar-refractivity contribution is 5.98. The van der Waals surface area contributed by atoms with Crippen molar-refractivity contribution in [3.63, 3.8) is 0 Å². The summed E-state index contributed by atoms with van der Waals surface area (Å²) < 4.78 is 19.6. The highest BCUT2D eigenvalue weighted by Crippen LogP contribution is 2.20. The van der Waals surface area contributed by atoms with Gasteiger partial charge in [-0.25, -0.2) is 4.39 Å². The van der Waals surface area contributed by atoms with Gasteiger partial charge in [0.05, 0.1) is 6.10 Å². The second kappa shape index (κ2) is 7.32. The maximum atomic E-state index is 13.9. The molecule has 1 amide bonds. The van der Waals surface area contributed by atoms with E-state index >= 15 is 0 Å². The predicted molar refractivity (Wildman–Crippen MR) is 91.7 cm³/mol. The lowest BCUT2D eigenvalue weighted by molar-refractivity contribution is 0.0508. The van der Waals surface area contributed by atoms with Gasteiger partial charge in [0, 0.05) is 37.1 Å². The van der Waals surface area contributed by atoms with E-state index in [1.165, 1.54) is 6.07 Å². The first kappa shape index (κ1) is 16.9. The molecule has 1 fully saturated rings. The van der Waals surface area contributed by atoms with Gasteiger partial charge in [0.1, 0.15) is 11.5 Å². The molecule has 1 aromatic carbocycles. The van der Waals surface area contributed by atoms with Crippen LogP contribution in [0.15, 0.2) is 24.3 Å². The van der Waals surface area contributed by atoms with Crippen LogP contribution in [0.4, 0.5) is 4.39 Å². The van der Waals surface area contributed by atoms with E-state index in [4.69, 9.17) is 4.74 Å². The summed E-state index contributed by atoms with van der Waals surface area (Å²) >= 11 is 0. The summed E-state index contributed by atoms with van der Waals surface area (Å²) in [4.78, 5) is 19.8. The number of rotatable bonds is 6. The van der Waals surface area contributed by atoms with Gasteiger partial charge in [0.2, 0.25) is 0 Å². The van der Waals surface area contributed by atoms with Crippen LogP contribution < -0.4 is 0 Å². The van der Waals surface area contributed by atoms with E-state index in [1.807, 2.05) is 19.0 Å². The Labute approximate surface area is 141 Å². The number of fused-ring (bicyclic) bond motifs is 1. The molecule has 0 spiro atoms. The minimum absolute atomic E-state index is 0.0947. The molecule has 6 heteroatoms. The lowest BCUT2D eigenvalue weighted by atomic mass is 10.2. The Morgan fingerprint density at radius 3 is 2.88 bits per heavy atom. The Hall–Kier alpha value is -1.92. The molecule has 3 rings (SSSR count). The van der Waals surface area contributed by atoms with Crippen LogP contribution >= 0.6 is 0 Å². The summed E-state index contributed by atoms with van der Waals surface area (Å²) in [6.45, 7) is 2.72. The number of ether oxygens (including phenoxy) is 1. The number of halogens is 1. The first-order chi connectivity index (χ1) is 11.5. The number of aromatic nitrogens is 1. The number of carbonyl (C=O) groups excluding carboxylic acids is 1. The monoisotopic (exact) mass is 333 g/mol. The third-order valence-corrected chi connectivity index (χ3v) is 4.39. The Morgan fingerprint density at radius 1 is 1.38 bits per heavy atom. The predicted octanol–water partition coefficient (Wildman–Crippen LogP) is 2.49. The van der Waals surface area contributed by atoms with Crippen molar-refractivity contribution < 1.29 is 13.9 Å². The second-order valence-corrected chi connectivity index (χ2v) is 6.57. The van der Waals surface area contributed by atoms with Crippen LogP contribution in [0.25, 0.3) is 10.9 Å². The Morgan fingerprint density at radius 2 is 2.21 bits per heavy atom. The maximum Gasteiger partial charge on any atom is 0.270 e. The molecule has 1 atom stereocenters. The molecule has 0 saturated carbocycles. The molecule has 0 aliphatic carbocycles. The molecule has 0 bridgehead atoms. The summed E-state index contributed by atoms with van der Waals surface area (Å²) in [6, 6.07) is 6.42. The molecule has 24 heavy (non-hydrogen) atoms. The van der Waals surface area contributed by atoms with Crippen molar-refractivity contribution >= 4 is 16.8 Å². The van der Waals surface area contributed by atoms with Crippen LogP contribution in [0.3, 0.4) is 0 Å². The lowest BCUT2D eigenvalue weighted by Gasteiger charge is -2.26. The topological polar surface area (TPSA) is 48.6 Å². The van der Waals surface area contributed by atoms with Gasteiger partial charge in [0.25, 0.3) is 5.91 Å². The van der Waals surface area contributed by atoms with Gasteiger partial charge in [-0.15, -0.1) is 0 Å². The van der Waals surface area contributed by atoms with Crippen LogP contribution in [-0.4, -0.2) is 67.1 Å². The average molecular weight is 333 g/mol. The van der Waals surface area contributed by atoms with Gasteiger partial charge in [-0.05, 0) is 45.1 Å². The second-order valence-electron chi connectivity index (χ2n) is 6.57. The zero-order chi connectivity index (χ0) is 17.1. The summed E-state index contributed by atoms with van der Waals surface area (Å²) in [5, 5.41) is 0.450. The standard InChI is InChI=1S/C18H24FN3O2/c1-21(2)8-9-22(12-13-5-4-10-24-13)18(23)17-11-14-15(19)6-3-7-16(14)20-17/h3,6-7,11,13,20H,4-5,8-10,12H2,1-2H3/t13-/m0/s1. The van der Waals surface area contributed by atoms with E-state index in [9.17, 15) is 9.18 Å². The van der Waals surface area contributed by atoms with Gasteiger partial charge < -0.3 is 19.5 Å². The van der Waals surface area contributed by atoms with E-state index in [1.54, 1.807) is 23.1 Å². The highest BCUT2D eigenvalue weighted by Gasteiger charge is 2.24. The number of aromatic amines is 1. The van der Waals surface area contributed by atoms with Gasteiger partial charge in [-0.3, -0.25) is 4.79 Å². The summed E-state index contributed by atoms with van der Waals surface area (Å²) in [7, 11) is 3.96. The fraction of sp³-hybridized carbons (Fsp3) is 0.500. The van der Waals surface area contributed by atoms with Crippen molar-refractivity contribution in [2.24, 2.45) is 0 Å². The molecule has 0 radical (unpaired) electrons. The van der Waals surface area contributed by atoms with Crippen LogP contribution in [0.2, 0.25) is 0 Å². The van der Waals surface area contributed by atoms with Crippen molar-refractivity contribution in [3.05, 3.63) is 35.8 Å². The zero-order valence-electron chi connectivity index (χ0n) is 14.2. The van der Waals surface area contributed by atoms with Crippen molar-refractivity contribution in [1.82, 2.24) is 14.8 Å². The van der Waals surface area contributed by atoms with Crippen LogP contribution in [-0.2, 0) is 4.74 Å². The Kier molecular flexibility index (Phi) is 5.16. The molecule has 2 heterocycles. The number of carbonyl (C=O) groups is 1. The van der Waals surface area contributed by atoms with Crippen molar-refractivity contribution in [1.29, 1.82) is 0 Å². The summed E-state index contributed by atoms with van der Waals surface area (Å²) in [6.07, 6.45) is 2.11. The average Bonchev–Trinajstić information content (AvgIpc) is 3.20. The number of hydrogen-bond acceptors (Lipinski definition) is 3. The largest absolute Gasteiger partial charge is 0.376 e. The molecule has 1 N–H and O–H groups in total. The molecular weight excluding hydrogens is 309 g/mol. The smallest absolute Gasteiger partial charge is 0.270 e. The number of benzene rings is 1. The molecule has 0 unspecified atom stereocenters. The van der Waals surface area contributed by atoms with Crippen LogP contribution in [0.1, 0.15) is 23.3 Å². The Bertz CT molecular complexity index is 707. The minimum atomic E-state index is -0.318. The van der Waals surface area contributed by atoms with Crippen molar-refractivity contribution in [3.8, 4) is 0 Å². The third-order valence-electron chi connectivity index (χ3n) is 4.39. The van der Waals surface area contributed by atoms with E-state index in [2.05, 4.69) is 4.98 Å². The molecule has 130 valence electrons. The molecule has 1 aliphatic heterocycles. The number of likely N-dealkylation sites (N-methyl/N-ethyl adjacent to an activating group) is 1. The summed E-state index contributed by atoms with van der Waals surface area (Å²) in [5.74, 6) is -0.426. The summed E-state index contributed by atoms with van der Waals surface area (Å²) in [5.41, 5.74) is 1.06. The van der Waals surface area contributed by atoms with Crippen molar-refractivity contribution in [2.45, 2.75) is 18.9 Å². The van der Waals surface area contributed by atoms with E-state index in [0.717, 1.165) is 26.0 Å². The fourth-order valence-electron chi connectivity index (χ4n) is 3.03. The van der Waals surface area contributed by atoms with Crippen LogP contribution in [0.5, 0.6) is 0 Å². The molecule has 5 nitrogen and oxygen atoms in total. The number of H-pyrrole nitrogens is 1. The van der Waals surface area contributed by atoms with Crippen molar-refractivity contribution in [2.75, 3.05) is 40.3 Å². The Balaban J connectivity index is 1.80. The quantitative estimate of drug-likeness (QED) is 0.883. The molecular formula is C18H24FN3O2. The van der Waals surface area contributed by atoms with E-state index < -0.39 is 0 Å². The SMILES string of the molecule is CN(C)CCN(C[C@@H]1CCCO1)C(=O)c1cc2c(F)cccc2[nH]1. The van der Waals surface area contributed by atoms with Gasteiger partial charge in [-0.1, -0.05) is 6.07 Å². The zero-order valence-corrected chi connectivity index (χ0v) is 14.2. The van der Waals surface area contributed by atoms with Crippen LogP contribution in [0, 0.1) is 5.82 Å². The number of amides is 1. The maximum absolute atomic E-state index is 13.9. The minimum Gasteiger partial charge on any atom is -0.376 e. The first-order valence-electron chi connectivity index (χ1n) is 8.37. The first-order valence-corrected chi connectivity index (χ1v) is 8.37. The van der Waals surface area contributed by atoms with Gasteiger partial charge in [0.15, 0.2) is 0 Å². The third kappa shape index (κ3) is 3.76. The molecule has 1 aromatic heterocycles.